The third-order valence-electron chi connectivity index (χ3n) is 2.81. The number of nitrogens with zero attached hydrogens (tertiary/aromatic N) is 2. The van der Waals surface area contributed by atoms with Gasteiger partial charge in [0.05, 0.1) is 9.85 Å². The molecule has 0 saturated carbocycles. The maximum Gasteiger partial charge on any atom is 0.269 e. The lowest BCUT2D eigenvalue weighted by atomic mass is 10.0. The van der Waals surface area contributed by atoms with Crippen molar-refractivity contribution in [2.75, 3.05) is 0 Å². The lowest BCUT2D eigenvalue weighted by Gasteiger charge is -2.08. The predicted molar refractivity (Wildman–Crippen MR) is 68.7 cm³/mol. The van der Waals surface area contributed by atoms with E-state index in [0.29, 0.717) is 11.1 Å². The Hall–Kier alpha value is -2.80. The molecule has 0 amide bonds. The van der Waals surface area contributed by atoms with Gasteiger partial charge in [0.25, 0.3) is 11.4 Å². The van der Waals surface area contributed by atoms with E-state index in [4.69, 9.17) is 0 Å². The molecule has 2 rings (SSSR count). The largest absolute Gasteiger partial charge is 0.269 e. The quantitative estimate of drug-likeness (QED) is 0.630. The third kappa shape index (κ3) is 2.78. The Balaban J connectivity index is 2.24. The van der Waals surface area contributed by atoms with E-state index in [1.807, 2.05) is 0 Å². The van der Waals surface area contributed by atoms with E-state index in [2.05, 4.69) is 0 Å². The van der Waals surface area contributed by atoms with Crippen molar-refractivity contribution in [3.8, 4) is 0 Å². The second-order valence-corrected chi connectivity index (χ2v) is 4.08. The Kier molecular flexibility index (Phi) is 3.72. The Morgan fingerprint density at radius 2 is 1.00 bits per heavy atom. The van der Waals surface area contributed by atoms with Gasteiger partial charge >= 0.3 is 0 Å². The first-order valence-electron chi connectivity index (χ1n) is 5.63. The van der Waals surface area contributed by atoms with Gasteiger partial charge in [0.15, 0.2) is 0 Å². The highest BCUT2D eigenvalue weighted by Crippen LogP contribution is 2.25. The van der Waals surface area contributed by atoms with Gasteiger partial charge in [-0.3, -0.25) is 20.2 Å². The Bertz CT molecular complexity index is 579. The molecule has 0 fully saturated rings. The monoisotopic (exact) mass is 273 g/mol. The molecule has 0 aliphatic carbocycles. The molecule has 0 N–H and O–H groups in total. The molecule has 0 atom stereocenters. The van der Waals surface area contributed by atoms with Crippen LogP contribution in [0.3, 0.4) is 0 Å². The van der Waals surface area contributed by atoms with Crippen LogP contribution in [0.25, 0.3) is 0 Å². The number of nitro groups is 2. The molecule has 0 saturated heterocycles. The van der Waals surface area contributed by atoms with Gasteiger partial charge in [0, 0.05) is 24.3 Å². The maximum atomic E-state index is 12.2. The highest BCUT2D eigenvalue weighted by molar-refractivity contribution is 5.40. The van der Waals surface area contributed by atoms with Crippen LogP contribution in [0.1, 0.15) is 17.2 Å². The minimum atomic E-state index is -1.24. The first kappa shape index (κ1) is 13.6. The molecule has 0 bridgehead atoms. The van der Waals surface area contributed by atoms with Gasteiger partial charge in [0.2, 0.25) is 0 Å². The van der Waals surface area contributed by atoms with Gasteiger partial charge < -0.3 is 0 Å². The van der Waals surface area contributed by atoms with Crippen LogP contribution in [0.4, 0.5) is 11.4 Å². The van der Waals surface area contributed by atoms with Crippen LogP contribution in [0.15, 0.2) is 48.5 Å². The molecule has 101 valence electrons. The summed E-state index contributed by atoms with van der Waals surface area (Å²) in [6.07, 6.45) is -1.24. The number of hydrogen-bond donors (Lipinski definition) is 0. The average molecular weight is 273 g/mol. The molecular formula is C13H9N2O5. The molecule has 7 nitrogen and oxygen atoms in total. The van der Waals surface area contributed by atoms with Crippen LogP contribution >= 0.6 is 0 Å². The zero-order valence-electron chi connectivity index (χ0n) is 10.1. The summed E-state index contributed by atoms with van der Waals surface area (Å²) in [6.45, 7) is 0. The van der Waals surface area contributed by atoms with Gasteiger partial charge in [0.1, 0.15) is 6.10 Å². The molecule has 0 heterocycles. The lowest BCUT2D eigenvalue weighted by molar-refractivity contribution is -0.385. The fourth-order valence-electron chi connectivity index (χ4n) is 1.73. The van der Waals surface area contributed by atoms with E-state index in [1.165, 1.54) is 48.5 Å². The van der Waals surface area contributed by atoms with Gasteiger partial charge in [-0.1, -0.05) is 0 Å². The Morgan fingerprint density at radius 3 is 1.25 bits per heavy atom. The summed E-state index contributed by atoms with van der Waals surface area (Å²) in [6, 6.07) is 10.6. The average Bonchev–Trinajstić information content (AvgIpc) is 2.46. The topological polar surface area (TPSA) is 106 Å². The van der Waals surface area contributed by atoms with E-state index in [1.54, 1.807) is 0 Å². The molecule has 2 aromatic carbocycles. The smallest absolute Gasteiger partial charge is 0.258 e. The molecule has 0 aliphatic rings. The van der Waals surface area contributed by atoms with Crippen LogP contribution in [0, 0.1) is 20.2 Å². The third-order valence-corrected chi connectivity index (χ3v) is 2.81. The maximum absolute atomic E-state index is 12.2. The van der Waals surface area contributed by atoms with E-state index >= 15 is 0 Å². The molecule has 0 aromatic heterocycles. The molecule has 7 heteroatoms. The van der Waals surface area contributed by atoms with Crippen LogP contribution in [-0.2, 0) is 5.11 Å². The fraction of sp³-hybridized carbons (Fsp3) is 0.0769. The van der Waals surface area contributed by atoms with E-state index in [-0.39, 0.29) is 11.4 Å². The van der Waals surface area contributed by atoms with Crippen molar-refractivity contribution in [1.82, 2.24) is 0 Å². The van der Waals surface area contributed by atoms with Crippen molar-refractivity contribution in [1.29, 1.82) is 0 Å². The SMILES string of the molecule is [O]C(c1ccc([N+](=O)[O-])cc1)c1ccc([N+](=O)[O-])cc1. The van der Waals surface area contributed by atoms with Gasteiger partial charge in [-0.2, -0.15) is 0 Å². The van der Waals surface area contributed by atoms with E-state index < -0.39 is 16.0 Å². The van der Waals surface area contributed by atoms with E-state index in [9.17, 15) is 25.3 Å². The second-order valence-electron chi connectivity index (χ2n) is 4.08. The highest BCUT2D eigenvalue weighted by Gasteiger charge is 2.15. The zero-order valence-corrected chi connectivity index (χ0v) is 10.1. The molecule has 2 aromatic rings. The summed E-state index contributed by atoms with van der Waals surface area (Å²) >= 11 is 0. The van der Waals surface area contributed by atoms with Crippen molar-refractivity contribution >= 4 is 11.4 Å². The van der Waals surface area contributed by atoms with Crippen molar-refractivity contribution < 1.29 is 15.0 Å². The van der Waals surface area contributed by atoms with Crippen molar-refractivity contribution in [2.45, 2.75) is 6.10 Å². The summed E-state index contributed by atoms with van der Waals surface area (Å²) in [5.74, 6) is 0. The number of non-ortho nitro benzene ring substituents is 2. The summed E-state index contributed by atoms with van der Waals surface area (Å²) in [7, 11) is 0. The summed E-state index contributed by atoms with van der Waals surface area (Å²) in [5, 5.41) is 33.2. The first-order chi connectivity index (χ1) is 9.49. The summed E-state index contributed by atoms with van der Waals surface area (Å²) < 4.78 is 0. The standard InChI is InChI=1S/C13H9N2O5/c16-13(9-1-5-11(6-2-9)14(17)18)10-3-7-12(8-4-10)15(19)20/h1-8,13H. The molecule has 0 aliphatic heterocycles. The van der Waals surface area contributed by atoms with Gasteiger partial charge in [-0.05, 0) is 35.4 Å². The summed E-state index contributed by atoms with van der Waals surface area (Å²) in [5.41, 5.74) is 0.545. The fourth-order valence-corrected chi connectivity index (χ4v) is 1.73. The molecule has 0 unspecified atom stereocenters. The predicted octanol–water partition coefficient (Wildman–Crippen LogP) is 3.02. The first-order valence-corrected chi connectivity index (χ1v) is 5.63. The molecule has 0 spiro atoms. The number of rotatable bonds is 4. The zero-order chi connectivity index (χ0) is 14.7. The number of hydrogen-bond acceptors (Lipinski definition) is 4. The summed E-state index contributed by atoms with van der Waals surface area (Å²) in [4.78, 5) is 19.9. The minimum absolute atomic E-state index is 0.0929. The van der Waals surface area contributed by atoms with Crippen molar-refractivity contribution in [3.05, 3.63) is 79.9 Å². The van der Waals surface area contributed by atoms with Crippen molar-refractivity contribution in [3.63, 3.8) is 0 Å². The van der Waals surface area contributed by atoms with Gasteiger partial charge in [-0.25, -0.2) is 5.11 Å². The van der Waals surface area contributed by atoms with Crippen LogP contribution in [0.2, 0.25) is 0 Å². The Labute approximate surface area is 113 Å². The second kappa shape index (κ2) is 5.45. The van der Waals surface area contributed by atoms with Crippen LogP contribution in [0.5, 0.6) is 0 Å². The van der Waals surface area contributed by atoms with E-state index in [0.717, 1.165) is 0 Å². The van der Waals surface area contributed by atoms with Crippen LogP contribution in [-0.4, -0.2) is 9.85 Å². The number of nitro benzene ring substituents is 2. The highest BCUT2D eigenvalue weighted by atomic mass is 16.6. The van der Waals surface area contributed by atoms with Crippen LogP contribution < -0.4 is 0 Å². The lowest BCUT2D eigenvalue weighted by Crippen LogP contribution is -1.99. The normalized spacial score (nSPS) is 10.5. The number of benzene rings is 2. The Morgan fingerprint density at radius 1 is 0.700 bits per heavy atom. The molecule has 20 heavy (non-hydrogen) atoms. The minimum Gasteiger partial charge on any atom is -0.258 e. The molecular weight excluding hydrogens is 264 g/mol. The van der Waals surface area contributed by atoms with Crippen molar-refractivity contribution in [2.24, 2.45) is 0 Å². The van der Waals surface area contributed by atoms with Gasteiger partial charge in [-0.15, -0.1) is 0 Å². The molecule has 1 radical (unpaired) electrons.